The van der Waals surface area contributed by atoms with Crippen molar-refractivity contribution in [3.63, 3.8) is 0 Å². The lowest BCUT2D eigenvalue weighted by molar-refractivity contribution is 0.282. The van der Waals surface area contributed by atoms with Gasteiger partial charge in [-0.2, -0.15) is 0 Å². The fourth-order valence-corrected chi connectivity index (χ4v) is 1.62. The lowest BCUT2D eigenvalue weighted by Gasteiger charge is -2.07. The van der Waals surface area contributed by atoms with E-state index in [1.54, 1.807) is 6.20 Å². The van der Waals surface area contributed by atoms with Crippen LogP contribution in [0.4, 0.5) is 5.69 Å². The number of aryl methyl sites for hydroxylation is 1. The molecular weight excluding hydrogens is 212 g/mol. The van der Waals surface area contributed by atoms with Crippen molar-refractivity contribution < 1.29 is 5.11 Å². The Morgan fingerprint density at radius 3 is 2.47 bits per heavy atom. The Labute approximate surface area is 101 Å². The maximum atomic E-state index is 8.94. The van der Waals surface area contributed by atoms with Gasteiger partial charge in [0.25, 0.3) is 0 Å². The maximum Gasteiger partial charge on any atom is 0.0681 e. The van der Waals surface area contributed by atoms with E-state index in [1.165, 1.54) is 5.56 Å². The largest absolute Gasteiger partial charge is 0.392 e. The van der Waals surface area contributed by atoms with E-state index in [0.29, 0.717) is 0 Å². The van der Waals surface area contributed by atoms with Crippen LogP contribution in [0.5, 0.6) is 0 Å². The van der Waals surface area contributed by atoms with Gasteiger partial charge in [-0.15, -0.1) is 0 Å². The first kappa shape index (κ1) is 11.6. The summed E-state index contributed by atoms with van der Waals surface area (Å²) in [7, 11) is 0. The van der Waals surface area contributed by atoms with Crippen molar-refractivity contribution in [3.05, 3.63) is 59.4 Å². The van der Waals surface area contributed by atoms with E-state index in [0.717, 1.165) is 23.5 Å². The summed E-state index contributed by atoms with van der Waals surface area (Å²) >= 11 is 0. The number of anilines is 1. The van der Waals surface area contributed by atoms with Crippen LogP contribution in [0.2, 0.25) is 0 Å². The summed E-state index contributed by atoms with van der Waals surface area (Å²) < 4.78 is 0. The molecule has 0 bridgehead atoms. The molecule has 0 fully saturated rings. The van der Waals surface area contributed by atoms with Crippen LogP contribution in [0.1, 0.15) is 16.8 Å². The lowest BCUT2D eigenvalue weighted by atomic mass is 10.1. The summed E-state index contributed by atoms with van der Waals surface area (Å²) in [4.78, 5) is 4.15. The second-order valence-corrected chi connectivity index (χ2v) is 4.01. The summed E-state index contributed by atoms with van der Waals surface area (Å²) in [6.45, 7) is 2.84. The van der Waals surface area contributed by atoms with E-state index in [4.69, 9.17) is 5.11 Å². The zero-order valence-electron chi connectivity index (χ0n) is 9.85. The molecule has 2 N–H and O–H groups in total. The van der Waals surface area contributed by atoms with Crippen LogP contribution in [-0.4, -0.2) is 10.1 Å². The highest BCUT2D eigenvalue weighted by Crippen LogP contribution is 2.10. The van der Waals surface area contributed by atoms with Crippen LogP contribution in [0.25, 0.3) is 0 Å². The number of rotatable bonds is 4. The molecule has 0 spiro atoms. The summed E-state index contributed by atoms with van der Waals surface area (Å²) in [5, 5.41) is 12.3. The highest BCUT2D eigenvalue weighted by molar-refractivity contribution is 5.43. The number of hydrogen-bond donors (Lipinski definition) is 2. The van der Waals surface area contributed by atoms with Crippen LogP contribution in [-0.2, 0) is 13.2 Å². The number of benzene rings is 1. The van der Waals surface area contributed by atoms with Crippen molar-refractivity contribution in [1.82, 2.24) is 4.98 Å². The fourth-order valence-electron chi connectivity index (χ4n) is 1.62. The van der Waals surface area contributed by atoms with Crippen LogP contribution in [0.3, 0.4) is 0 Å². The van der Waals surface area contributed by atoms with Gasteiger partial charge in [-0.05, 0) is 30.2 Å². The zero-order valence-corrected chi connectivity index (χ0v) is 9.85. The molecule has 0 unspecified atom stereocenters. The SMILES string of the molecule is Cc1cc(NCc2ccc(CO)cc2)ccn1. The van der Waals surface area contributed by atoms with E-state index in [-0.39, 0.29) is 6.61 Å². The van der Waals surface area contributed by atoms with Gasteiger partial charge < -0.3 is 10.4 Å². The van der Waals surface area contributed by atoms with E-state index in [1.807, 2.05) is 43.3 Å². The van der Waals surface area contributed by atoms with Gasteiger partial charge in [0.1, 0.15) is 0 Å². The Morgan fingerprint density at radius 2 is 1.82 bits per heavy atom. The highest BCUT2D eigenvalue weighted by Gasteiger charge is 1.95. The maximum absolute atomic E-state index is 8.94. The van der Waals surface area contributed by atoms with E-state index >= 15 is 0 Å². The highest BCUT2D eigenvalue weighted by atomic mass is 16.3. The molecule has 0 aliphatic carbocycles. The Morgan fingerprint density at radius 1 is 1.12 bits per heavy atom. The second-order valence-electron chi connectivity index (χ2n) is 4.01. The van der Waals surface area contributed by atoms with Crippen molar-refractivity contribution >= 4 is 5.69 Å². The molecule has 0 saturated heterocycles. The zero-order chi connectivity index (χ0) is 12.1. The van der Waals surface area contributed by atoms with Gasteiger partial charge in [0.2, 0.25) is 0 Å². The molecule has 0 aliphatic rings. The van der Waals surface area contributed by atoms with Gasteiger partial charge in [0.15, 0.2) is 0 Å². The molecule has 0 amide bonds. The summed E-state index contributed by atoms with van der Waals surface area (Å²) in [6.07, 6.45) is 1.80. The van der Waals surface area contributed by atoms with Crippen LogP contribution < -0.4 is 5.32 Å². The first-order valence-electron chi connectivity index (χ1n) is 5.63. The second kappa shape index (κ2) is 5.46. The van der Waals surface area contributed by atoms with Gasteiger partial charge in [-0.25, -0.2) is 0 Å². The van der Waals surface area contributed by atoms with Crippen LogP contribution in [0.15, 0.2) is 42.6 Å². The third-order valence-electron chi connectivity index (χ3n) is 2.60. The monoisotopic (exact) mass is 228 g/mol. The molecule has 0 atom stereocenters. The van der Waals surface area contributed by atoms with Crippen molar-refractivity contribution in [2.45, 2.75) is 20.1 Å². The number of pyridine rings is 1. The van der Waals surface area contributed by atoms with Crippen LogP contribution >= 0.6 is 0 Å². The fraction of sp³-hybridized carbons (Fsp3) is 0.214. The average Bonchev–Trinajstić information content (AvgIpc) is 2.37. The molecule has 0 radical (unpaired) electrons. The minimum Gasteiger partial charge on any atom is -0.392 e. The number of aliphatic hydroxyl groups is 1. The molecular formula is C14H16N2O. The quantitative estimate of drug-likeness (QED) is 0.845. The lowest BCUT2D eigenvalue weighted by Crippen LogP contribution is -2.00. The summed E-state index contributed by atoms with van der Waals surface area (Å²) in [6, 6.07) is 11.9. The molecule has 2 rings (SSSR count). The normalized spacial score (nSPS) is 10.2. The first-order valence-corrected chi connectivity index (χ1v) is 5.63. The third kappa shape index (κ3) is 3.29. The molecule has 3 heteroatoms. The summed E-state index contributed by atoms with van der Waals surface area (Å²) in [5.41, 5.74) is 4.21. The van der Waals surface area contributed by atoms with Gasteiger partial charge in [0, 0.05) is 24.1 Å². The van der Waals surface area contributed by atoms with Gasteiger partial charge in [-0.3, -0.25) is 4.98 Å². The number of aromatic nitrogens is 1. The minimum absolute atomic E-state index is 0.0945. The van der Waals surface area contributed by atoms with E-state index in [9.17, 15) is 0 Å². The van der Waals surface area contributed by atoms with Crippen molar-refractivity contribution in [2.24, 2.45) is 0 Å². The molecule has 0 aliphatic heterocycles. The smallest absolute Gasteiger partial charge is 0.0681 e. The van der Waals surface area contributed by atoms with Crippen LogP contribution in [0, 0.1) is 6.92 Å². The topological polar surface area (TPSA) is 45.1 Å². The first-order chi connectivity index (χ1) is 8.28. The Hall–Kier alpha value is -1.87. The third-order valence-corrected chi connectivity index (χ3v) is 2.60. The molecule has 0 saturated carbocycles. The van der Waals surface area contributed by atoms with Gasteiger partial charge >= 0.3 is 0 Å². The van der Waals surface area contributed by atoms with Crippen molar-refractivity contribution in [2.75, 3.05) is 5.32 Å². The molecule has 1 heterocycles. The number of aliphatic hydroxyl groups excluding tert-OH is 1. The van der Waals surface area contributed by atoms with Crippen molar-refractivity contribution in [3.8, 4) is 0 Å². The predicted molar refractivity (Wildman–Crippen MR) is 68.7 cm³/mol. The standard InChI is InChI=1S/C14H16N2O/c1-11-8-14(6-7-15-11)16-9-12-2-4-13(10-17)5-3-12/h2-8,17H,9-10H2,1H3,(H,15,16). The van der Waals surface area contributed by atoms with Gasteiger partial charge in [0.05, 0.1) is 6.61 Å². The number of nitrogens with zero attached hydrogens (tertiary/aromatic N) is 1. The van der Waals surface area contributed by atoms with Gasteiger partial charge in [-0.1, -0.05) is 24.3 Å². The number of nitrogens with one attached hydrogen (secondary N) is 1. The average molecular weight is 228 g/mol. The molecule has 88 valence electrons. The molecule has 2 aromatic rings. The Kier molecular flexibility index (Phi) is 3.73. The minimum atomic E-state index is 0.0945. The summed E-state index contributed by atoms with van der Waals surface area (Å²) in [5.74, 6) is 0. The Balaban J connectivity index is 1.97. The van der Waals surface area contributed by atoms with E-state index in [2.05, 4.69) is 10.3 Å². The predicted octanol–water partition coefficient (Wildman–Crippen LogP) is 2.49. The number of hydrogen-bond acceptors (Lipinski definition) is 3. The molecule has 17 heavy (non-hydrogen) atoms. The molecule has 3 nitrogen and oxygen atoms in total. The molecule has 1 aromatic heterocycles. The molecule has 1 aromatic carbocycles. The van der Waals surface area contributed by atoms with E-state index < -0.39 is 0 Å². The Bertz CT molecular complexity index is 480. The van der Waals surface area contributed by atoms with Crippen molar-refractivity contribution in [1.29, 1.82) is 0 Å².